The highest BCUT2D eigenvalue weighted by molar-refractivity contribution is 6.44. The van der Waals surface area contributed by atoms with Gasteiger partial charge in [0, 0.05) is 5.56 Å². The molecule has 3 nitrogen and oxygen atoms in total. The van der Waals surface area contributed by atoms with Gasteiger partial charge in [0.25, 0.3) is 0 Å². The van der Waals surface area contributed by atoms with Crippen LogP contribution in [0.4, 0.5) is 0 Å². The largest absolute Gasteiger partial charge is 0.461 e. The standard InChI is InChI=1S/C14H13NO2/c1-2-17-14(16)13(15)12-9-5-7-10-6-3-4-8-11(10)12/h3-9,15H,2H2,1H3. The van der Waals surface area contributed by atoms with Crippen LogP contribution in [0.15, 0.2) is 42.5 Å². The number of rotatable bonds is 3. The highest BCUT2D eigenvalue weighted by atomic mass is 16.5. The zero-order valence-electron chi connectivity index (χ0n) is 9.57. The molecular formula is C14H13NO2. The van der Waals surface area contributed by atoms with Gasteiger partial charge < -0.3 is 4.74 Å². The van der Waals surface area contributed by atoms with Crippen LogP contribution in [-0.4, -0.2) is 18.3 Å². The van der Waals surface area contributed by atoms with Crippen LogP contribution >= 0.6 is 0 Å². The van der Waals surface area contributed by atoms with Gasteiger partial charge in [0.15, 0.2) is 0 Å². The van der Waals surface area contributed by atoms with Crippen LogP contribution in [0.1, 0.15) is 12.5 Å². The fourth-order valence-electron chi connectivity index (χ4n) is 1.76. The number of fused-ring (bicyclic) bond motifs is 1. The van der Waals surface area contributed by atoms with E-state index in [1.807, 2.05) is 36.4 Å². The quantitative estimate of drug-likeness (QED) is 0.647. The van der Waals surface area contributed by atoms with Crippen LogP contribution in [0, 0.1) is 5.41 Å². The molecule has 0 aromatic heterocycles. The number of carbonyl (C=O) groups excluding carboxylic acids is 1. The highest BCUT2D eigenvalue weighted by Gasteiger charge is 2.14. The van der Waals surface area contributed by atoms with Crippen LogP contribution in [-0.2, 0) is 9.53 Å². The van der Waals surface area contributed by atoms with Gasteiger partial charge in [-0.3, -0.25) is 5.41 Å². The maximum atomic E-state index is 11.5. The Kier molecular flexibility index (Phi) is 3.19. The number of nitrogens with one attached hydrogen (secondary N) is 1. The van der Waals surface area contributed by atoms with Crippen molar-refractivity contribution in [3.8, 4) is 0 Å². The fraction of sp³-hybridized carbons (Fsp3) is 0.143. The van der Waals surface area contributed by atoms with Gasteiger partial charge in [-0.15, -0.1) is 0 Å². The summed E-state index contributed by atoms with van der Waals surface area (Å²) in [5, 5.41) is 9.76. The van der Waals surface area contributed by atoms with E-state index in [9.17, 15) is 4.79 Å². The Balaban J connectivity index is 2.48. The lowest BCUT2D eigenvalue weighted by Crippen LogP contribution is -2.17. The lowest BCUT2D eigenvalue weighted by Gasteiger charge is -2.07. The van der Waals surface area contributed by atoms with Gasteiger partial charge in [0.2, 0.25) is 0 Å². The van der Waals surface area contributed by atoms with Gasteiger partial charge in [-0.05, 0) is 17.7 Å². The van der Waals surface area contributed by atoms with Gasteiger partial charge in [-0.1, -0.05) is 42.5 Å². The summed E-state index contributed by atoms with van der Waals surface area (Å²) in [7, 11) is 0. The normalized spacial score (nSPS) is 10.2. The first-order valence-electron chi connectivity index (χ1n) is 5.48. The Bertz CT molecular complexity index is 570. The van der Waals surface area contributed by atoms with Crippen molar-refractivity contribution in [1.82, 2.24) is 0 Å². The number of benzene rings is 2. The molecule has 0 atom stereocenters. The Labute approximate surface area is 99.5 Å². The molecule has 0 aliphatic carbocycles. The second-order valence-corrected chi connectivity index (χ2v) is 3.62. The van der Waals surface area contributed by atoms with Crippen molar-refractivity contribution in [2.75, 3.05) is 6.61 Å². The number of hydrogen-bond donors (Lipinski definition) is 1. The lowest BCUT2D eigenvalue weighted by atomic mass is 10.0. The van der Waals surface area contributed by atoms with Crippen molar-refractivity contribution in [2.45, 2.75) is 6.92 Å². The number of ether oxygens (including phenoxy) is 1. The zero-order valence-corrected chi connectivity index (χ0v) is 9.57. The maximum absolute atomic E-state index is 11.5. The third-order valence-electron chi connectivity index (χ3n) is 2.54. The van der Waals surface area contributed by atoms with Crippen LogP contribution in [0.5, 0.6) is 0 Å². The van der Waals surface area contributed by atoms with E-state index in [1.54, 1.807) is 13.0 Å². The maximum Gasteiger partial charge on any atom is 0.356 e. The molecule has 0 saturated carbocycles. The summed E-state index contributed by atoms with van der Waals surface area (Å²) in [5.41, 5.74) is 0.519. The molecule has 0 aliphatic rings. The van der Waals surface area contributed by atoms with Crippen molar-refractivity contribution in [3.05, 3.63) is 48.0 Å². The molecule has 17 heavy (non-hydrogen) atoms. The summed E-state index contributed by atoms with van der Waals surface area (Å²) >= 11 is 0. The molecule has 0 aliphatic heterocycles. The predicted octanol–water partition coefficient (Wildman–Crippen LogP) is 2.77. The number of carbonyl (C=O) groups is 1. The van der Waals surface area contributed by atoms with E-state index >= 15 is 0 Å². The topological polar surface area (TPSA) is 50.2 Å². The predicted molar refractivity (Wildman–Crippen MR) is 67.4 cm³/mol. The van der Waals surface area contributed by atoms with Gasteiger partial charge >= 0.3 is 5.97 Å². The SMILES string of the molecule is CCOC(=O)C(=N)c1cccc2ccccc12. The molecule has 86 valence electrons. The van der Waals surface area contributed by atoms with Gasteiger partial charge in [0.05, 0.1) is 6.61 Å². The zero-order chi connectivity index (χ0) is 12.3. The van der Waals surface area contributed by atoms with Crippen LogP contribution in [0.3, 0.4) is 0 Å². The number of esters is 1. The minimum atomic E-state index is -0.580. The Hall–Kier alpha value is -2.16. The average molecular weight is 227 g/mol. The van der Waals surface area contributed by atoms with Crippen molar-refractivity contribution in [2.24, 2.45) is 0 Å². The van der Waals surface area contributed by atoms with E-state index < -0.39 is 5.97 Å². The third kappa shape index (κ3) is 2.18. The second kappa shape index (κ2) is 4.78. The van der Waals surface area contributed by atoms with Crippen LogP contribution in [0.25, 0.3) is 10.8 Å². The summed E-state index contributed by atoms with van der Waals surface area (Å²) in [6.07, 6.45) is 0. The molecule has 0 unspecified atom stereocenters. The van der Waals surface area contributed by atoms with Crippen LogP contribution in [0.2, 0.25) is 0 Å². The first-order chi connectivity index (χ1) is 8.24. The first kappa shape index (κ1) is 11.3. The van der Waals surface area contributed by atoms with Crippen molar-refractivity contribution < 1.29 is 9.53 Å². The van der Waals surface area contributed by atoms with E-state index in [-0.39, 0.29) is 12.3 Å². The molecule has 2 aromatic rings. The molecule has 0 saturated heterocycles. The summed E-state index contributed by atoms with van der Waals surface area (Å²) in [6.45, 7) is 2.01. The average Bonchev–Trinajstić information content (AvgIpc) is 2.37. The Morgan fingerprint density at radius 1 is 1.18 bits per heavy atom. The molecule has 2 rings (SSSR count). The molecule has 0 spiro atoms. The van der Waals surface area contributed by atoms with E-state index in [4.69, 9.17) is 10.1 Å². The van der Waals surface area contributed by atoms with Crippen molar-refractivity contribution >= 4 is 22.5 Å². The molecule has 0 radical (unpaired) electrons. The van der Waals surface area contributed by atoms with Gasteiger partial charge in [-0.2, -0.15) is 0 Å². The van der Waals surface area contributed by atoms with Crippen molar-refractivity contribution in [3.63, 3.8) is 0 Å². The molecule has 0 fully saturated rings. The first-order valence-corrected chi connectivity index (χ1v) is 5.48. The summed E-state index contributed by atoms with van der Waals surface area (Å²) in [6, 6.07) is 13.2. The molecule has 1 N–H and O–H groups in total. The summed E-state index contributed by atoms with van der Waals surface area (Å²) < 4.78 is 4.84. The molecular weight excluding hydrogens is 214 g/mol. The second-order valence-electron chi connectivity index (χ2n) is 3.62. The monoisotopic (exact) mass is 227 g/mol. The smallest absolute Gasteiger partial charge is 0.356 e. The van der Waals surface area contributed by atoms with E-state index in [0.717, 1.165) is 10.8 Å². The third-order valence-corrected chi connectivity index (χ3v) is 2.54. The van der Waals surface area contributed by atoms with E-state index in [1.165, 1.54) is 0 Å². The minimum Gasteiger partial charge on any atom is -0.461 e. The molecule has 0 bridgehead atoms. The van der Waals surface area contributed by atoms with Gasteiger partial charge in [-0.25, -0.2) is 4.79 Å². The fourth-order valence-corrected chi connectivity index (χ4v) is 1.76. The number of hydrogen-bond acceptors (Lipinski definition) is 3. The van der Waals surface area contributed by atoms with E-state index in [0.29, 0.717) is 5.56 Å². The summed E-state index contributed by atoms with van der Waals surface area (Å²) in [5.74, 6) is -0.580. The highest BCUT2D eigenvalue weighted by Crippen LogP contribution is 2.19. The Morgan fingerprint density at radius 2 is 1.88 bits per heavy atom. The molecule has 2 aromatic carbocycles. The van der Waals surface area contributed by atoms with Crippen LogP contribution < -0.4 is 0 Å². The van der Waals surface area contributed by atoms with Gasteiger partial charge in [0.1, 0.15) is 5.71 Å². The summed E-state index contributed by atoms with van der Waals surface area (Å²) in [4.78, 5) is 11.5. The lowest BCUT2D eigenvalue weighted by molar-refractivity contribution is -0.135. The minimum absolute atomic E-state index is 0.0938. The van der Waals surface area contributed by atoms with E-state index in [2.05, 4.69) is 0 Å². The molecule has 0 heterocycles. The Morgan fingerprint density at radius 3 is 2.65 bits per heavy atom. The molecule has 0 amide bonds. The van der Waals surface area contributed by atoms with Crippen molar-refractivity contribution in [1.29, 1.82) is 5.41 Å². The molecule has 3 heteroatoms.